The number of amides is 1. The second-order valence-electron chi connectivity index (χ2n) is 5.39. The van der Waals surface area contributed by atoms with Gasteiger partial charge in [0.2, 0.25) is 0 Å². The fourth-order valence-corrected chi connectivity index (χ4v) is 1.66. The van der Waals surface area contributed by atoms with E-state index in [0.717, 1.165) is 0 Å². The second kappa shape index (κ2) is 7.52. The first-order valence-electron chi connectivity index (χ1n) is 6.54. The first kappa shape index (κ1) is 16.8. The van der Waals surface area contributed by atoms with E-state index in [-0.39, 0.29) is 18.1 Å². The Labute approximate surface area is 125 Å². The Morgan fingerprint density at radius 1 is 1.29 bits per heavy atom. The standard InChI is InChI=1S/C15H22N2O4/c1-15(2,3)17-13(18)10-21-16-9-11-7-6-8-12(19-4)14(11)20-5/h6-9H,10H2,1-5H3,(H,17,18)/b16-9-. The Hall–Kier alpha value is -2.24. The highest BCUT2D eigenvalue weighted by atomic mass is 16.6. The molecular formula is C15H22N2O4. The van der Waals surface area contributed by atoms with E-state index in [2.05, 4.69) is 10.5 Å². The van der Waals surface area contributed by atoms with Crippen LogP contribution in [0.15, 0.2) is 23.4 Å². The zero-order chi connectivity index (χ0) is 15.9. The van der Waals surface area contributed by atoms with Gasteiger partial charge in [0.25, 0.3) is 5.91 Å². The summed E-state index contributed by atoms with van der Waals surface area (Å²) < 4.78 is 10.4. The lowest BCUT2D eigenvalue weighted by atomic mass is 10.1. The van der Waals surface area contributed by atoms with Crippen molar-refractivity contribution in [3.05, 3.63) is 23.8 Å². The number of benzene rings is 1. The number of hydrogen-bond acceptors (Lipinski definition) is 5. The zero-order valence-corrected chi connectivity index (χ0v) is 13.1. The third-order valence-electron chi connectivity index (χ3n) is 2.41. The lowest BCUT2D eigenvalue weighted by molar-refractivity contribution is -0.127. The van der Waals surface area contributed by atoms with Crippen molar-refractivity contribution in [3.8, 4) is 11.5 Å². The maximum Gasteiger partial charge on any atom is 0.261 e. The van der Waals surface area contributed by atoms with E-state index in [0.29, 0.717) is 17.1 Å². The van der Waals surface area contributed by atoms with Gasteiger partial charge in [-0.15, -0.1) is 0 Å². The number of methoxy groups -OCH3 is 2. The molecular weight excluding hydrogens is 272 g/mol. The van der Waals surface area contributed by atoms with Crippen molar-refractivity contribution in [2.24, 2.45) is 5.16 Å². The summed E-state index contributed by atoms with van der Waals surface area (Å²) in [6.45, 7) is 5.56. The number of para-hydroxylation sites is 1. The highest BCUT2D eigenvalue weighted by Gasteiger charge is 2.13. The fourth-order valence-electron chi connectivity index (χ4n) is 1.66. The Balaban J connectivity index is 2.60. The van der Waals surface area contributed by atoms with Crippen LogP contribution in [0.25, 0.3) is 0 Å². The van der Waals surface area contributed by atoms with Crippen molar-refractivity contribution in [2.75, 3.05) is 20.8 Å². The van der Waals surface area contributed by atoms with Crippen molar-refractivity contribution >= 4 is 12.1 Å². The molecule has 1 N–H and O–H groups in total. The molecule has 0 unspecified atom stereocenters. The van der Waals surface area contributed by atoms with Crippen LogP contribution < -0.4 is 14.8 Å². The van der Waals surface area contributed by atoms with Gasteiger partial charge in [0, 0.05) is 11.1 Å². The van der Waals surface area contributed by atoms with Gasteiger partial charge in [0.1, 0.15) is 0 Å². The minimum Gasteiger partial charge on any atom is -0.493 e. The summed E-state index contributed by atoms with van der Waals surface area (Å²) in [7, 11) is 3.11. The summed E-state index contributed by atoms with van der Waals surface area (Å²) in [5.74, 6) is 0.940. The monoisotopic (exact) mass is 294 g/mol. The molecule has 0 heterocycles. The van der Waals surface area contributed by atoms with Crippen molar-refractivity contribution < 1.29 is 19.1 Å². The molecule has 1 amide bonds. The van der Waals surface area contributed by atoms with Gasteiger partial charge in [-0.2, -0.15) is 0 Å². The molecule has 116 valence electrons. The quantitative estimate of drug-likeness (QED) is 0.643. The number of carbonyl (C=O) groups is 1. The van der Waals surface area contributed by atoms with E-state index in [9.17, 15) is 4.79 Å². The van der Waals surface area contributed by atoms with Crippen LogP contribution >= 0.6 is 0 Å². The summed E-state index contributed by atoms with van der Waals surface area (Å²) in [5.41, 5.74) is 0.410. The van der Waals surface area contributed by atoms with Gasteiger partial charge < -0.3 is 19.6 Å². The Morgan fingerprint density at radius 3 is 2.57 bits per heavy atom. The van der Waals surface area contributed by atoms with Crippen LogP contribution in [0.2, 0.25) is 0 Å². The predicted octanol–water partition coefficient (Wildman–Crippen LogP) is 1.97. The van der Waals surface area contributed by atoms with E-state index in [1.807, 2.05) is 32.9 Å². The number of nitrogens with one attached hydrogen (secondary N) is 1. The third-order valence-corrected chi connectivity index (χ3v) is 2.41. The average Bonchev–Trinajstić information content (AvgIpc) is 2.41. The highest BCUT2D eigenvalue weighted by molar-refractivity contribution is 5.85. The first-order valence-corrected chi connectivity index (χ1v) is 6.54. The average molecular weight is 294 g/mol. The van der Waals surface area contributed by atoms with E-state index >= 15 is 0 Å². The number of hydrogen-bond donors (Lipinski definition) is 1. The Morgan fingerprint density at radius 2 is 2.00 bits per heavy atom. The van der Waals surface area contributed by atoms with Crippen LogP contribution in [0, 0.1) is 0 Å². The normalized spacial score (nSPS) is 11.3. The van der Waals surface area contributed by atoms with Crippen LogP contribution in [0.4, 0.5) is 0 Å². The summed E-state index contributed by atoms with van der Waals surface area (Å²) in [5, 5.41) is 6.55. The molecule has 0 aliphatic rings. The Bertz CT molecular complexity index is 507. The summed E-state index contributed by atoms with van der Waals surface area (Å²) in [6.07, 6.45) is 1.48. The third kappa shape index (κ3) is 5.72. The van der Waals surface area contributed by atoms with E-state index in [1.165, 1.54) is 6.21 Å². The van der Waals surface area contributed by atoms with Crippen LogP contribution in [0.3, 0.4) is 0 Å². The minimum absolute atomic E-state index is 0.139. The van der Waals surface area contributed by atoms with Crippen molar-refractivity contribution in [1.29, 1.82) is 0 Å². The molecule has 21 heavy (non-hydrogen) atoms. The second-order valence-corrected chi connectivity index (χ2v) is 5.39. The summed E-state index contributed by atoms with van der Waals surface area (Å²) in [4.78, 5) is 16.5. The molecule has 0 radical (unpaired) electrons. The van der Waals surface area contributed by atoms with Gasteiger partial charge in [0.05, 0.1) is 20.4 Å². The molecule has 0 aromatic heterocycles. The molecule has 0 fully saturated rings. The maximum atomic E-state index is 11.5. The number of ether oxygens (including phenoxy) is 2. The number of rotatable bonds is 6. The molecule has 6 nitrogen and oxygen atoms in total. The van der Waals surface area contributed by atoms with E-state index in [1.54, 1.807) is 20.3 Å². The van der Waals surface area contributed by atoms with Gasteiger partial charge in [-0.3, -0.25) is 4.79 Å². The lowest BCUT2D eigenvalue weighted by Crippen LogP contribution is -2.42. The Kier molecular flexibility index (Phi) is 6.02. The van der Waals surface area contributed by atoms with E-state index in [4.69, 9.17) is 14.3 Å². The molecule has 0 bridgehead atoms. The topological polar surface area (TPSA) is 69.2 Å². The minimum atomic E-state index is -0.291. The van der Waals surface area contributed by atoms with Gasteiger partial charge in [-0.05, 0) is 32.9 Å². The largest absolute Gasteiger partial charge is 0.493 e. The van der Waals surface area contributed by atoms with Crippen molar-refractivity contribution in [1.82, 2.24) is 5.32 Å². The molecule has 6 heteroatoms. The van der Waals surface area contributed by atoms with Crippen LogP contribution in [-0.2, 0) is 9.63 Å². The molecule has 1 aromatic carbocycles. The van der Waals surface area contributed by atoms with Gasteiger partial charge in [0.15, 0.2) is 18.1 Å². The molecule has 0 aliphatic carbocycles. The number of oxime groups is 1. The van der Waals surface area contributed by atoms with Crippen molar-refractivity contribution in [2.45, 2.75) is 26.3 Å². The molecule has 0 atom stereocenters. The van der Waals surface area contributed by atoms with Gasteiger partial charge >= 0.3 is 0 Å². The molecule has 0 saturated carbocycles. The SMILES string of the molecule is COc1cccc(/C=N\OCC(=O)NC(C)(C)C)c1OC. The van der Waals surface area contributed by atoms with Crippen molar-refractivity contribution in [3.63, 3.8) is 0 Å². The molecule has 0 spiro atoms. The van der Waals surface area contributed by atoms with E-state index < -0.39 is 0 Å². The maximum absolute atomic E-state index is 11.5. The number of carbonyl (C=O) groups excluding carboxylic acids is 1. The first-order chi connectivity index (χ1) is 9.87. The highest BCUT2D eigenvalue weighted by Crippen LogP contribution is 2.29. The van der Waals surface area contributed by atoms with Gasteiger partial charge in [-0.25, -0.2) is 0 Å². The summed E-state index contributed by atoms with van der Waals surface area (Å²) in [6, 6.07) is 5.41. The zero-order valence-electron chi connectivity index (χ0n) is 13.1. The van der Waals surface area contributed by atoms with Gasteiger partial charge in [-0.1, -0.05) is 11.2 Å². The number of nitrogens with zero attached hydrogens (tertiary/aromatic N) is 1. The molecule has 1 aromatic rings. The molecule has 0 saturated heterocycles. The predicted molar refractivity (Wildman–Crippen MR) is 81.0 cm³/mol. The smallest absolute Gasteiger partial charge is 0.261 e. The molecule has 1 rings (SSSR count). The van der Waals surface area contributed by atoms with Crippen LogP contribution in [-0.4, -0.2) is 38.5 Å². The lowest BCUT2D eigenvalue weighted by Gasteiger charge is -2.19. The van der Waals surface area contributed by atoms with Crippen LogP contribution in [0.5, 0.6) is 11.5 Å². The molecule has 0 aliphatic heterocycles. The summed E-state index contributed by atoms with van der Waals surface area (Å²) >= 11 is 0. The fraction of sp³-hybridized carbons (Fsp3) is 0.467. The van der Waals surface area contributed by atoms with Crippen LogP contribution in [0.1, 0.15) is 26.3 Å².